The molecule has 2 aromatic rings. The number of piperidine rings is 1. The monoisotopic (exact) mass is 511 g/mol. The van der Waals surface area contributed by atoms with Crippen LogP contribution in [-0.4, -0.2) is 44.2 Å². The topological polar surface area (TPSA) is 78.5 Å². The molecule has 1 saturated heterocycles. The fourth-order valence-electron chi connectivity index (χ4n) is 4.15. The van der Waals surface area contributed by atoms with E-state index in [0.29, 0.717) is 27.3 Å². The van der Waals surface area contributed by atoms with Gasteiger partial charge in [0.05, 0.1) is 26.7 Å². The first-order valence-corrected chi connectivity index (χ1v) is 13.6. The summed E-state index contributed by atoms with van der Waals surface area (Å²) in [5, 5.41) is 6.36. The van der Waals surface area contributed by atoms with Crippen LogP contribution in [0.1, 0.15) is 45.2 Å². The number of nitrogens with zero attached hydrogens (tertiary/aromatic N) is 1. The Morgan fingerprint density at radius 2 is 1.82 bits per heavy atom. The maximum Gasteiger partial charge on any atom is 0.319 e. The van der Waals surface area contributed by atoms with Gasteiger partial charge in [0, 0.05) is 18.3 Å². The number of likely N-dealkylation sites (tertiary alicyclic amines) is 1. The average Bonchev–Trinajstić information content (AvgIpc) is 2.75. The number of anilines is 1. The number of amides is 2. The molecule has 3 rings (SSSR count). The van der Waals surface area contributed by atoms with Crippen molar-refractivity contribution in [3.63, 3.8) is 0 Å². The summed E-state index contributed by atoms with van der Waals surface area (Å²) in [4.78, 5) is 15.0. The molecule has 180 valence electrons. The van der Waals surface area contributed by atoms with E-state index in [2.05, 4.69) is 29.4 Å². The largest absolute Gasteiger partial charge is 0.331 e. The van der Waals surface area contributed by atoms with Crippen molar-refractivity contribution in [1.29, 1.82) is 0 Å². The lowest BCUT2D eigenvalue weighted by atomic mass is 9.99. The molecule has 2 amide bonds. The number of urea groups is 1. The third-order valence-electron chi connectivity index (χ3n) is 6.00. The highest BCUT2D eigenvalue weighted by molar-refractivity contribution is 7.91. The Labute approximate surface area is 206 Å². The molecule has 2 unspecified atom stereocenters. The number of carbonyl (C=O) groups excluding carboxylic acids is 1. The summed E-state index contributed by atoms with van der Waals surface area (Å²) < 4.78 is 25.9. The predicted octanol–water partition coefficient (Wildman–Crippen LogP) is 5.77. The van der Waals surface area contributed by atoms with Gasteiger partial charge in [0.25, 0.3) is 0 Å². The normalized spacial score (nSPS) is 18.2. The third kappa shape index (κ3) is 6.85. The van der Waals surface area contributed by atoms with Crippen molar-refractivity contribution in [3.05, 3.63) is 58.1 Å². The molecule has 1 fully saturated rings. The Morgan fingerprint density at radius 1 is 1.12 bits per heavy atom. The smallest absolute Gasteiger partial charge is 0.319 e. The molecule has 33 heavy (non-hydrogen) atoms. The van der Waals surface area contributed by atoms with E-state index in [1.807, 2.05) is 0 Å². The minimum absolute atomic E-state index is 0.134. The number of hydrogen-bond acceptors (Lipinski definition) is 4. The SMILES string of the molecule is CC(NC(=O)Nc1ccc(S(=O)(=O)CC2CCCN(C(C)C)C2)cc1)c1cccc(Cl)c1Cl. The lowest BCUT2D eigenvalue weighted by Crippen LogP contribution is -2.41. The average molecular weight is 513 g/mol. The molecule has 0 radical (unpaired) electrons. The summed E-state index contributed by atoms with van der Waals surface area (Å²) in [6.45, 7) is 7.93. The molecule has 0 bridgehead atoms. The number of rotatable bonds is 7. The van der Waals surface area contributed by atoms with Crippen LogP contribution < -0.4 is 10.6 Å². The van der Waals surface area contributed by atoms with Crippen molar-refractivity contribution >= 4 is 44.8 Å². The van der Waals surface area contributed by atoms with E-state index in [4.69, 9.17) is 23.2 Å². The summed E-state index contributed by atoms with van der Waals surface area (Å²) in [6.07, 6.45) is 1.95. The summed E-state index contributed by atoms with van der Waals surface area (Å²) in [6, 6.07) is 11.2. The van der Waals surface area contributed by atoms with Crippen LogP contribution in [0.15, 0.2) is 47.4 Å². The molecule has 0 aromatic heterocycles. The van der Waals surface area contributed by atoms with Gasteiger partial charge in [-0.15, -0.1) is 0 Å². The van der Waals surface area contributed by atoms with Gasteiger partial charge in [0.2, 0.25) is 0 Å². The van der Waals surface area contributed by atoms with Gasteiger partial charge >= 0.3 is 6.03 Å². The Hall–Kier alpha value is -1.80. The van der Waals surface area contributed by atoms with Crippen molar-refractivity contribution in [2.75, 3.05) is 24.2 Å². The fraction of sp³-hybridized carbons (Fsp3) is 0.458. The van der Waals surface area contributed by atoms with Crippen molar-refractivity contribution in [1.82, 2.24) is 10.2 Å². The standard InChI is InChI=1S/C24H31Cl2N3O3S/c1-16(2)29-13-5-6-18(14-29)15-33(31,32)20-11-9-19(10-12-20)28-24(30)27-17(3)21-7-4-8-22(25)23(21)26/h4,7-12,16-18H,5-6,13-15H2,1-3H3,(H2,27,28,30). The van der Waals surface area contributed by atoms with Crippen molar-refractivity contribution in [2.45, 2.75) is 50.6 Å². The van der Waals surface area contributed by atoms with E-state index >= 15 is 0 Å². The number of carbonyl (C=O) groups is 1. The summed E-state index contributed by atoms with van der Waals surface area (Å²) >= 11 is 12.3. The molecule has 9 heteroatoms. The van der Waals surface area contributed by atoms with E-state index in [1.165, 1.54) is 0 Å². The second-order valence-corrected chi connectivity index (χ2v) is 11.7. The lowest BCUT2D eigenvalue weighted by Gasteiger charge is -2.35. The zero-order valence-corrected chi connectivity index (χ0v) is 21.5. The predicted molar refractivity (Wildman–Crippen MR) is 135 cm³/mol. The van der Waals surface area contributed by atoms with E-state index in [0.717, 1.165) is 25.9 Å². The van der Waals surface area contributed by atoms with Gasteiger partial charge in [-0.1, -0.05) is 35.3 Å². The van der Waals surface area contributed by atoms with Crippen LogP contribution in [0.25, 0.3) is 0 Å². The quantitative estimate of drug-likeness (QED) is 0.494. The number of halogens is 2. The zero-order valence-electron chi connectivity index (χ0n) is 19.1. The number of sulfone groups is 1. The first kappa shape index (κ1) is 25.8. The molecule has 1 aliphatic rings. The Morgan fingerprint density at radius 3 is 2.48 bits per heavy atom. The van der Waals surface area contributed by atoms with Crippen LogP contribution in [-0.2, 0) is 9.84 Å². The van der Waals surface area contributed by atoms with Crippen LogP contribution in [0.4, 0.5) is 10.5 Å². The summed E-state index contributed by atoms with van der Waals surface area (Å²) in [5.41, 5.74) is 1.21. The van der Waals surface area contributed by atoms with Gasteiger partial charge in [0.1, 0.15) is 0 Å². The highest BCUT2D eigenvalue weighted by atomic mass is 35.5. The second-order valence-electron chi connectivity index (χ2n) is 8.87. The Kier molecular flexibility index (Phi) is 8.67. The molecular weight excluding hydrogens is 481 g/mol. The van der Waals surface area contributed by atoms with Crippen LogP contribution in [0.3, 0.4) is 0 Å². The van der Waals surface area contributed by atoms with E-state index < -0.39 is 15.9 Å². The van der Waals surface area contributed by atoms with Crippen molar-refractivity contribution in [2.24, 2.45) is 5.92 Å². The number of hydrogen-bond donors (Lipinski definition) is 2. The van der Waals surface area contributed by atoms with Crippen LogP contribution in [0.2, 0.25) is 10.0 Å². The van der Waals surface area contributed by atoms with Gasteiger partial charge in [-0.25, -0.2) is 13.2 Å². The number of benzene rings is 2. The third-order valence-corrected chi connectivity index (χ3v) is 8.74. The maximum atomic E-state index is 12.9. The van der Waals surface area contributed by atoms with Crippen LogP contribution >= 0.6 is 23.2 Å². The minimum Gasteiger partial charge on any atom is -0.331 e. The Bertz CT molecular complexity index is 1070. The van der Waals surface area contributed by atoms with Gasteiger partial charge in [0.15, 0.2) is 9.84 Å². The second kappa shape index (κ2) is 11.1. The Balaban J connectivity index is 1.59. The highest BCUT2D eigenvalue weighted by Gasteiger charge is 2.27. The lowest BCUT2D eigenvalue weighted by molar-refractivity contribution is 0.148. The van der Waals surface area contributed by atoms with Crippen LogP contribution in [0, 0.1) is 5.92 Å². The molecule has 0 spiro atoms. The first-order chi connectivity index (χ1) is 15.6. The van der Waals surface area contributed by atoms with Gasteiger partial charge < -0.3 is 15.5 Å². The van der Waals surface area contributed by atoms with E-state index in [1.54, 1.807) is 49.4 Å². The summed E-state index contributed by atoms with van der Waals surface area (Å²) in [7, 11) is -3.40. The minimum atomic E-state index is -3.40. The van der Waals surface area contributed by atoms with Gasteiger partial charge in [-0.05, 0) is 82.0 Å². The van der Waals surface area contributed by atoms with Crippen molar-refractivity contribution in [3.8, 4) is 0 Å². The molecule has 2 aromatic carbocycles. The first-order valence-electron chi connectivity index (χ1n) is 11.1. The molecule has 1 heterocycles. The molecule has 0 aliphatic carbocycles. The fourth-order valence-corrected chi connectivity index (χ4v) is 6.26. The van der Waals surface area contributed by atoms with Crippen LogP contribution in [0.5, 0.6) is 0 Å². The zero-order chi connectivity index (χ0) is 24.2. The van der Waals surface area contributed by atoms with Gasteiger partial charge in [-0.3, -0.25) is 0 Å². The maximum absolute atomic E-state index is 12.9. The molecule has 0 saturated carbocycles. The highest BCUT2D eigenvalue weighted by Crippen LogP contribution is 2.30. The molecule has 1 aliphatic heterocycles. The summed E-state index contributed by atoms with van der Waals surface area (Å²) in [5.74, 6) is 0.274. The molecule has 2 N–H and O–H groups in total. The van der Waals surface area contributed by atoms with Crippen molar-refractivity contribution < 1.29 is 13.2 Å². The van der Waals surface area contributed by atoms with E-state index in [-0.39, 0.29) is 22.6 Å². The van der Waals surface area contributed by atoms with Gasteiger partial charge in [-0.2, -0.15) is 0 Å². The van der Waals surface area contributed by atoms with E-state index in [9.17, 15) is 13.2 Å². The molecular formula is C24H31Cl2N3O3S. The molecule has 2 atom stereocenters. The number of nitrogens with one attached hydrogen (secondary N) is 2. The molecule has 6 nitrogen and oxygen atoms in total.